The minimum Gasteiger partial charge on any atom is -0.516 e. The van der Waals surface area contributed by atoms with Gasteiger partial charge in [0.2, 0.25) is 0 Å². The molecule has 0 aliphatic carbocycles. The Bertz CT molecular complexity index is 58.6. The van der Waals surface area contributed by atoms with Crippen molar-refractivity contribution in [3.05, 3.63) is 11.8 Å². The Kier molecular flexibility index (Phi) is 3.48. The first-order valence-corrected chi connectivity index (χ1v) is 2.67. The van der Waals surface area contributed by atoms with Crippen molar-refractivity contribution < 1.29 is 5.11 Å². The fraction of sp³-hybridized carbons (Fsp3) is 0.667. The first-order chi connectivity index (χ1) is 3.35. The van der Waals surface area contributed by atoms with Crippen molar-refractivity contribution in [2.24, 2.45) is 0 Å². The highest BCUT2D eigenvalue weighted by Gasteiger charge is 1.84. The van der Waals surface area contributed by atoms with Gasteiger partial charge < -0.3 is 5.11 Å². The van der Waals surface area contributed by atoms with Gasteiger partial charge in [-0.2, -0.15) is 0 Å². The molecule has 0 aromatic heterocycles. The van der Waals surface area contributed by atoms with Gasteiger partial charge in [0.05, 0.1) is 6.26 Å². The monoisotopic (exact) mass is 100 g/mol. The summed E-state index contributed by atoms with van der Waals surface area (Å²) in [6.45, 7) is 4.07. The molecule has 0 unspecified atom stereocenters. The summed E-state index contributed by atoms with van der Waals surface area (Å²) >= 11 is 0. The van der Waals surface area contributed by atoms with Crippen LogP contribution in [0.15, 0.2) is 11.8 Å². The van der Waals surface area contributed by atoms with Crippen LogP contribution in [0.25, 0.3) is 0 Å². The quantitative estimate of drug-likeness (QED) is 0.527. The summed E-state index contributed by atoms with van der Waals surface area (Å²) < 4.78 is 0. The molecule has 1 nitrogen and oxygen atoms in total. The van der Waals surface area contributed by atoms with Crippen LogP contribution in [0.2, 0.25) is 0 Å². The van der Waals surface area contributed by atoms with Crippen LogP contribution >= 0.6 is 0 Å². The summed E-state index contributed by atoms with van der Waals surface area (Å²) in [6, 6.07) is 0. The van der Waals surface area contributed by atoms with Gasteiger partial charge in [-0.25, -0.2) is 0 Å². The summed E-state index contributed by atoms with van der Waals surface area (Å²) in [6.07, 6.45) is 3.12. The largest absolute Gasteiger partial charge is 0.516 e. The minimum absolute atomic E-state index is 0.965. The van der Waals surface area contributed by atoms with E-state index in [2.05, 4.69) is 0 Å². The van der Waals surface area contributed by atoms with Crippen LogP contribution < -0.4 is 0 Å². The first-order valence-electron chi connectivity index (χ1n) is 2.67. The van der Waals surface area contributed by atoms with Crippen molar-refractivity contribution >= 4 is 0 Å². The highest BCUT2D eigenvalue weighted by Crippen LogP contribution is 2.01. The zero-order chi connectivity index (χ0) is 5.70. The van der Waals surface area contributed by atoms with Crippen molar-refractivity contribution in [3.8, 4) is 0 Å². The number of rotatable bonds is 2. The number of hydrogen-bond acceptors (Lipinski definition) is 1. The lowest BCUT2D eigenvalue weighted by molar-refractivity contribution is 0.463. The molecule has 0 aliphatic rings. The van der Waals surface area contributed by atoms with Crippen molar-refractivity contribution in [1.82, 2.24) is 0 Å². The van der Waals surface area contributed by atoms with Crippen molar-refractivity contribution in [3.63, 3.8) is 0 Å². The van der Waals surface area contributed by atoms with Gasteiger partial charge >= 0.3 is 0 Å². The maximum absolute atomic E-state index is 8.36. The molecule has 0 heterocycles. The smallest absolute Gasteiger partial charge is 0.0783 e. The highest BCUT2D eigenvalue weighted by molar-refractivity contribution is 4.93. The molecule has 0 amide bonds. The summed E-state index contributed by atoms with van der Waals surface area (Å²) in [5.74, 6) is 0. The molecule has 1 N–H and O–H groups in total. The zero-order valence-electron chi connectivity index (χ0n) is 4.94. The van der Waals surface area contributed by atoms with Crippen molar-refractivity contribution in [2.75, 3.05) is 0 Å². The van der Waals surface area contributed by atoms with E-state index >= 15 is 0 Å². The number of hydrogen-bond donors (Lipinski definition) is 1. The Morgan fingerprint density at radius 3 is 1.86 bits per heavy atom. The Hall–Kier alpha value is -0.460. The molecule has 0 bridgehead atoms. The molecule has 7 heavy (non-hydrogen) atoms. The third-order valence-corrected chi connectivity index (χ3v) is 1.09. The van der Waals surface area contributed by atoms with Gasteiger partial charge in [-0.1, -0.05) is 13.8 Å². The summed E-state index contributed by atoms with van der Waals surface area (Å²) in [5, 5.41) is 8.36. The second-order valence-corrected chi connectivity index (χ2v) is 1.49. The molecule has 0 atom stereocenters. The fourth-order valence-electron chi connectivity index (χ4n) is 0.433. The van der Waals surface area contributed by atoms with Gasteiger partial charge in [-0.3, -0.25) is 0 Å². The number of aliphatic hydroxyl groups is 1. The van der Waals surface area contributed by atoms with E-state index in [4.69, 9.17) is 5.11 Å². The Balaban J connectivity index is 3.38. The molecule has 1 heteroatoms. The predicted molar refractivity (Wildman–Crippen MR) is 31.3 cm³/mol. The molecule has 0 spiro atoms. The Morgan fingerprint density at radius 2 is 1.86 bits per heavy atom. The van der Waals surface area contributed by atoms with E-state index in [1.165, 1.54) is 6.26 Å². The van der Waals surface area contributed by atoms with Gasteiger partial charge in [-0.15, -0.1) is 0 Å². The lowest BCUT2D eigenvalue weighted by Gasteiger charge is -1.91. The van der Waals surface area contributed by atoms with E-state index < -0.39 is 0 Å². The van der Waals surface area contributed by atoms with E-state index in [0.717, 1.165) is 18.4 Å². The third kappa shape index (κ3) is 2.26. The molecule has 42 valence electrons. The molecule has 0 aromatic carbocycles. The fourth-order valence-corrected chi connectivity index (χ4v) is 0.433. The molecule has 0 rings (SSSR count). The van der Waals surface area contributed by atoms with Crippen molar-refractivity contribution in [1.29, 1.82) is 0 Å². The Morgan fingerprint density at radius 1 is 1.43 bits per heavy atom. The SMILES string of the molecule is CCC(=CO)CC. The predicted octanol–water partition coefficient (Wildman–Crippen LogP) is 2.25. The second-order valence-electron chi connectivity index (χ2n) is 1.49. The van der Waals surface area contributed by atoms with Crippen LogP contribution in [0, 0.1) is 0 Å². The third-order valence-electron chi connectivity index (χ3n) is 1.09. The normalized spacial score (nSPS) is 8.29. The standard InChI is InChI=1S/C6H12O/c1-3-6(4-2)5-7/h5,7H,3-4H2,1-2H3. The van der Waals surface area contributed by atoms with Crippen LogP contribution in [0.3, 0.4) is 0 Å². The maximum Gasteiger partial charge on any atom is 0.0783 e. The highest BCUT2D eigenvalue weighted by atomic mass is 16.2. The van der Waals surface area contributed by atoms with Gasteiger partial charge in [0.25, 0.3) is 0 Å². The molecule has 0 aromatic rings. The topological polar surface area (TPSA) is 20.2 Å². The van der Waals surface area contributed by atoms with E-state index in [-0.39, 0.29) is 0 Å². The van der Waals surface area contributed by atoms with Gasteiger partial charge in [-0.05, 0) is 18.4 Å². The maximum atomic E-state index is 8.36. The molecule has 0 saturated heterocycles. The van der Waals surface area contributed by atoms with Crippen LogP contribution in [0.1, 0.15) is 26.7 Å². The lowest BCUT2D eigenvalue weighted by Crippen LogP contribution is -1.74. The van der Waals surface area contributed by atoms with Crippen LogP contribution in [0.5, 0.6) is 0 Å². The molecular weight excluding hydrogens is 88.1 g/mol. The van der Waals surface area contributed by atoms with Crippen LogP contribution in [-0.2, 0) is 0 Å². The average Bonchev–Trinajstić information content (AvgIpc) is 1.72. The molecule has 0 radical (unpaired) electrons. The van der Waals surface area contributed by atoms with Crippen molar-refractivity contribution in [2.45, 2.75) is 26.7 Å². The first kappa shape index (κ1) is 6.54. The van der Waals surface area contributed by atoms with E-state index in [0.29, 0.717) is 0 Å². The van der Waals surface area contributed by atoms with Gasteiger partial charge in [0.15, 0.2) is 0 Å². The number of aliphatic hydroxyl groups excluding tert-OH is 1. The minimum atomic E-state index is 0.965. The summed E-state index contributed by atoms with van der Waals surface area (Å²) in [7, 11) is 0. The van der Waals surface area contributed by atoms with Crippen LogP contribution in [0.4, 0.5) is 0 Å². The van der Waals surface area contributed by atoms with E-state index in [9.17, 15) is 0 Å². The lowest BCUT2D eigenvalue weighted by atomic mass is 10.2. The zero-order valence-corrected chi connectivity index (χ0v) is 4.94. The summed E-state index contributed by atoms with van der Waals surface area (Å²) in [5.41, 5.74) is 1.11. The van der Waals surface area contributed by atoms with E-state index in [1.807, 2.05) is 13.8 Å². The summed E-state index contributed by atoms with van der Waals surface area (Å²) in [4.78, 5) is 0. The van der Waals surface area contributed by atoms with Gasteiger partial charge in [0.1, 0.15) is 0 Å². The Labute approximate surface area is 44.7 Å². The number of allylic oxidation sites excluding steroid dienone is 1. The van der Waals surface area contributed by atoms with Crippen LogP contribution in [-0.4, -0.2) is 5.11 Å². The van der Waals surface area contributed by atoms with E-state index in [1.54, 1.807) is 0 Å². The molecule has 0 fully saturated rings. The molecule has 0 saturated carbocycles. The second kappa shape index (κ2) is 3.72. The van der Waals surface area contributed by atoms with Gasteiger partial charge in [0, 0.05) is 0 Å². The average molecular weight is 100 g/mol. The molecular formula is C6H12O. The molecule has 0 aliphatic heterocycles.